The largest absolute Gasteiger partial charge is 0.465 e. The molecule has 0 fully saturated rings. The molecule has 7 heteroatoms. The number of hydrogen-bond donors (Lipinski definition) is 1. The van der Waals surface area contributed by atoms with Crippen LogP contribution in [0.4, 0.5) is 0 Å². The summed E-state index contributed by atoms with van der Waals surface area (Å²) in [4.78, 5) is 16.6. The predicted octanol–water partition coefficient (Wildman–Crippen LogP) is 1.76. The molecule has 0 aliphatic heterocycles. The van der Waals surface area contributed by atoms with Gasteiger partial charge in [0.05, 0.1) is 12.0 Å². The Labute approximate surface area is 118 Å². The number of fused-ring (bicyclic) bond motifs is 1. The fourth-order valence-electron chi connectivity index (χ4n) is 1.76. The van der Waals surface area contributed by atoms with Crippen molar-refractivity contribution >= 4 is 28.3 Å². The third-order valence-corrected chi connectivity index (χ3v) is 3.59. The Hall–Kier alpha value is -2.41. The van der Waals surface area contributed by atoms with Gasteiger partial charge >= 0.3 is 0 Å². The van der Waals surface area contributed by atoms with Crippen molar-refractivity contribution in [3.8, 4) is 0 Å². The number of carbonyl (C=O) groups excluding carboxylic acids is 1. The summed E-state index contributed by atoms with van der Waals surface area (Å²) in [6.45, 7) is 0.549. The predicted molar refractivity (Wildman–Crippen MR) is 75.3 cm³/mol. The van der Waals surface area contributed by atoms with Crippen molar-refractivity contribution in [1.82, 2.24) is 19.9 Å². The number of furan rings is 1. The number of amides is 1. The van der Waals surface area contributed by atoms with Crippen molar-refractivity contribution in [2.75, 3.05) is 6.54 Å². The van der Waals surface area contributed by atoms with E-state index in [2.05, 4.69) is 15.4 Å². The minimum atomic E-state index is -0.147. The quantitative estimate of drug-likeness (QED) is 0.726. The maximum absolute atomic E-state index is 11.6. The van der Waals surface area contributed by atoms with Gasteiger partial charge in [-0.1, -0.05) is 0 Å². The molecule has 0 aromatic carbocycles. The van der Waals surface area contributed by atoms with Gasteiger partial charge in [0.15, 0.2) is 0 Å². The molecular weight excluding hydrogens is 276 g/mol. The molecule has 0 radical (unpaired) electrons. The lowest BCUT2D eigenvalue weighted by Crippen LogP contribution is -2.23. The number of thiazole rings is 1. The molecule has 0 unspecified atom stereocenters. The fraction of sp³-hybridized carbons (Fsp3) is 0.154. The Bertz CT molecular complexity index is 727. The summed E-state index contributed by atoms with van der Waals surface area (Å²) in [5.74, 6) is 0.508. The first-order valence-corrected chi connectivity index (χ1v) is 6.96. The Kier molecular flexibility index (Phi) is 3.60. The number of nitrogens with zero attached hydrogens (tertiary/aromatic N) is 3. The lowest BCUT2D eigenvalue weighted by atomic mass is 10.3. The molecule has 20 heavy (non-hydrogen) atoms. The van der Waals surface area contributed by atoms with E-state index in [1.807, 2.05) is 5.38 Å². The van der Waals surface area contributed by atoms with Crippen LogP contribution in [0.2, 0.25) is 0 Å². The highest BCUT2D eigenvalue weighted by molar-refractivity contribution is 7.15. The van der Waals surface area contributed by atoms with E-state index in [4.69, 9.17) is 4.42 Å². The summed E-state index contributed by atoms with van der Waals surface area (Å²) in [5, 5.41) is 8.94. The summed E-state index contributed by atoms with van der Waals surface area (Å²) in [7, 11) is 0. The first-order valence-electron chi connectivity index (χ1n) is 6.08. The Morgan fingerprint density at radius 1 is 1.55 bits per heavy atom. The molecule has 3 heterocycles. The van der Waals surface area contributed by atoms with Crippen LogP contribution in [0.25, 0.3) is 11.0 Å². The van der Waals surface area contributed by atoms with Gasteiger partial charge in [0, 0.05) is 24.4 Å². The maximum atomic E-state index is 11.6. The van der Waals surface area contributed by atoms with Crippen molar-refractivity contribution in [3.63, 3.8) is 0 Å². The van der Waals surface area contributed by atoms with Gasteiger partial charge < -0.3 is 9.73 Å². The highest BCUT2D eigenvalue weighted by Crippen LogP contribution is 2.12. The number of nitrogens with one attached hydrogen (secondary N) is 1. The normalized spacial score (nSPS) is 11.4. The number of carbonyl (C=O) groups is 1. The van der Waals surface area contributed by atoms with Gasteiger partial charge in [0.1, 0.15) is 12.1 Å². The van der Waals surface area contributed by atoms with Gasteiger partial charge in [-0.2, -0.15) is 5.10 Å². The molecule has 0 bridgehead atoms. The minimum absolute atomic E-state index is 0.147. The van der Waals surface area contributed by atoms with E-state index >= 15 is 0 Å². The molecule has 0 aliphatic rings. The Balaban J connectivity index is 1.50. The Morgan fingerprint density at radius 2 is 2.50 bits per heavy atom. The molecular formula is C13H12N4O2S. The molecule has 102 valence electrons. The summed E-state index contributed by atoms with van der Waals surface area (Å²) in [6.07, 6.45) is 6.90. The molecule has 1 amide bonds. The third kappa shape index (κ3) is 2.77. The first-order chi connectivity index (χ1) is 9.83. The minimum Gasteiger partial charge on any atom is -0.465 e. The van der Waals surface area contributed by atoms with Gasteiger partial charge in [0.25, 0.3) is 0 Å². The van der Waals surface area contributed by atoms with Crippen LogP contribution in [0.3, 0.4) is 0 Å². The van der Waals surface area contributed by atoms with Gasteiger partial charge in [-0.25, -0.2) is 9.50 Å². The zero-order chi connectivity index (χ0) is 13.8. The average Bonchev–Trinajstić information content (AvgIpc) is 3.15. The van der Waals surface area contributed by atoms with E-state index in [-0.39, 0.29) is 5.91 Å². The highest BCUT2D eigenvalue weighted by Gasteiger charge is 2.05. The molecule has 0 spiro atoms. The van der Waals surface area contributed by atoms with Crippen LogP contribution in [-0.4, -0.2) is 27.0 Å². The van der Waals surface area contributed by atoms with Crippen LogP contribution in [0.15, 0.2) is 40.6 Å². The van der Waals surface area contributed by atoms with E-state index in [1.54, 1.807) is 29.0 Å². The standard InChI is InChI=1S/C13H12N4O2S/c18-12(4-3-11-2-1-7-19-11)14-6-5-10-8-20-13-15-9-16-17(10)13/h1-4,7-9H,5-6H2,(H,14,18)/b4-3+. The molecule has 3 aromatic rings. The lowest BCUT2D eigenvalue weighted by Gasteiger charge is -2.00. The fourth-order valence-corrected chi connectivity index (χ4v) is 2.59. The number of rotatable bonds is 5. The van der Waals surface area contributed by atoms with E-state index < -0.39 is 0 Å². The van der Waals surface area contributed by atoms with Crippen LogP contribution < -0.4 is 5.32 Å². The first kappa shape index (κ1) is 12.6. The van der Waals surface area contributed by atoms with Crippen LogP contribution in [-0.2, 0) is 11.2 Å². The lowest BCUT2D eigenvalue weighted by molar-refractivity contribution is -0.116. The molecule has 0 atom stereocenters. The summed E-state index contributed by atoms with van der Waals surface area (Å²) < 4.78 is 6.89. The second-order valence-corrected chi connectivity index (χ2v) is 4.91. The molecule has 1 N–H and O–H groups in total. The van der Waals surface area contributed by atoms with Gasteiger partial charge in [-0.3, -0.25) is 4.79 Å². The van der Waals surface area contributed by atoms with Gasteiger partial charge in [-0.05, 0) is 18.2 Å². The van der Waals surface area contributed by atoms with E-state index in [1.165, 1.54) is 23.7 Å². The van der Waals surface area contributed by atoms with Crippen molar-refractivity contribution in [2.24, 2.45) is 0 Å². The Morgan fingerprint density at radius 3 is 3.35 bits per heavy atom. The molecule has 6 nitrogen and oxygen atoms in total. The summed E-state index contributed by atoms with van der Waals surface area (Å²) >= 11 is 1.54. The van der Waals surface area contributed by atoms with Crippen LogP contribution in [0, 0.1) is 0 Å². The average molecular weight is 288 g/mol. The topological polar surface area (TPSA) is 72.4 Å². The van der Waals surface area contributed by atoms with Gasteiger partial charge in [-0.15, -0.1) is 11.3 Å². The molecule has 0 aliphatic carbocycles. The number of hydrogen-bond acceptors (Lipinski definition) is 5. The SMILES string of the molecule is O=C(/C=C/c1ccco1)NCCc1csc2ncnn12. The van der Waals surface area contributed by atoms with Gasteiger partial charge in [0.2, 0.25) is 10.9 Å². The monoisotopic (exact) mass is 288 g/mol. The maximum Gasteiger partial charge on any atom is 0.244 e. The molecule has 3 aromatic heterocycles. The van der Waals surface area contributed by atoms with E-state index in [0.29, 0.717) is 18.7 Å². The van der Waals surface area contributed by atoms with Crippen molar-refractivity contribution < 1.29 is 9.21 Å². The molecule has 3 rings (SSSR count). The van der Waals surface area contributed by atoms with Crippen molar-refractivity contribution in [2.45, 2.75) is 6.42 Å². The van der Waals surface area contributed by atoms with E-state index in [0.717, 1.165) is 10.7 Å². The highest BCUT2D eigenvalue weighted by atomic mass is 32.1. The molecule has 0 saturated heterocycles. The van der Waals surface area contributed by atoms with Crippen LogP contribution >= 0.6 is 11.3 Å². The van der Waals surface area contributed by atoms with Crippen LogP contribution in [0.1, 0.15) is 11.5 Å². The van der Waals surface area contributed by atoms with Crippen molar-refractivity contribution in [3.05, 3.63) is 47.6 Å². The number of aromatic nitrogens is 3. The zero-order valence-electron chi connectivity index (χ0n) is 10.5. The third-order valence-electron chi connectivity index (χ3n) is 2.71. The van der Waals surface area contributed by atoms with Crippen LogP contribution in [0.5, 0.6) is 0 Å². The molecule has 0 saturated carbocycles. The summed E-state index contributed by atoms with van der Waals surface area (Å²) in [5.41, 5.74) is 1.04. The van der Waals surface area contributed by atoms with E-state index in [9.17, 15) is 4.79 Å². The second kappa shape index (κ2) is 5.70. The second-order valence-electron chi connectivity index (χ2n) is 4.07. The van der Waals surface area contributed by atoms with Crippen molar-refractivity contribution in [1.29, 1.82) is 0 Å². The zero-order valence-corrected chi connectivity index (χ0v) is 11.3. The summed E-state index contributed by atoms with van der Waals surface area (Å²) in [6, 6.07) is 3.56. The smallest absolute Gasteiger partial charge is 0.244 e.